The monoisotopic (exact) mass is 206 g/mol. The first kappa shape index (κ1) is 11.2. The maximum atomic E-state index is 12.7. The Labute approximate surface area is 87.1 Å². The van der Waals surface area contributed by atoms with Crippen LogP contribution in [0.2, 0.25) is 0 Å². The van der Waals surface area contributed by atoms with Gasteiger partial charge in [-0.3, -0.25) is 4.98 Å². The highest BCUT2D eigenvalue weighted by Gasteiger charge is 1.96. The molecule has 0 aromatic carbocycles. The normalized spacial score (nSPS) is 10.3. The molecular weight excluding hydrogens is 195 g/mol. The summed E-state index contributed by atoms with van der Waals surface area (Å²) in [5.74, 6) is -0.335. The second-order valence-electron chi connectivity index (χ2n) is 3.00. The largest absolute Gasteiger partial charge is 0.254 e. The van der Waals surface area contributed by atoms with Gasteiger partial charge in [-0.25, -0.2) is 4.39 Å². The van der Waals surface area contributed by atoms with Crippen LogP contribution in [0.1, 0.15) is 17.7 Å². The molecule has 0 bridgehead atoms. The molecule has 0 saturated heterocycles. The first-order valence-electron chi connectivity index (χ1n) is 4.53. The second-order valence-corrected chi connectivity index (χ2v) is 3.00. The van der Waals surface area contributed by atoms with Gasteiger partial charge in [-0.2, -0.15) is 0 Å². The van der Waals surface area contributed by atoms with Crippen LogP contribution < -0.4 is 0 Å². The molecule has 1 rings (SSSR count). The average Bonchev–Trinajstić information content (AvgIpc) is 2.20. The molecule has 78 valence electrons. The van der Waals surface area contributed by atoms with E-state index in [4.69, 9.17) is 5.53 Å². The molecule has 0 unspecified atom stereocenters. The van der Waals surface area contributed by atoms with Crippen molar-refractivity contribution in [2.45, 2.75) is 13.3 Å². The number of pyridine rings is 1. The van der Waals surface area contributed by atoms with Gasteiger partial charge in [0.15, 0.2) is 0 Å². The maximum absolute atomic E-state index is 12.7. The van der Waals surface area contributed by atoms with Crippen molar-refractivity contribution in [3.05, 3.63) is 45.9 Å². The fourth-order valence-corrected chi connectivity index (χ4v) is 1.10. The molecule has 0 amide bonds. The molecule has 1 heterocycles. The van der Waals surface area contributed by atoms with E-state index in [0.717, 1.165) is 11.3 Å². The van der Waals surface area contributed by atoms with Gasteiger partial charge in [0.1, 0.15) is 5.82 Å². The third-order valence-corrected chi connectivity index (χ3v) is 1.82. The number of halogens is 1. The maximum Gasteiger partial charge on any atom is 0.141 e. The molecule has 0 atom stereocenters. The Balaban J connectivity index is 2.60. The van der Waals surface area contributed by atoms with Gasteiger partial charge < -0.3 is 0 Å². The zero-order valence-electron chi connectivity index (χ0n) is 8.39. The Morgan fingerprint density at radius 2 is 2.47 bits per heavy atom. The summed E-state index contributed by atoms with van der Waals surface area (Å²) < 4.78 is 12.7. The van der Waals surface area contributed by atoms with Crippen molar-refractivity contribution in [3.63, 3.8) is 0 Å². The SMILES string of the molecule is Cc1cc(F)cnc1C=CCCN=[N+]=[N-]. The summed E-state index contributed by atoms with van der Waals surface area (Å²) in [5.41, 5.74) is 9.56. The van der Waals surface area contributed by atoms with E-state index in [0.29, 0.717) is 13.0 Å². The van der Waals surface area contributed by atoms with Crippen molar-refractivity contribution in [2.75, 3.05) is 6.54 Å². The van der Waals surface area contributed by atoms with Gasteiger partial charge in [-0.15, -0.1) is 0 Å². The molecule has 0 N–H and O–H groups in total. The lowest BCUT2D eigenvalue weighted by atomic mass is 10.2. The molecular formula is C10H11FN4. The molecule has 0 radical (unpaired) electrons. The molecule has 1 aromatic heterocycles. The third kappa shape index (κ3) is 3.79. The zero-order valence-corrected chi connectivity index (χ0v) is 8.39. The van der Waals surface area contributed by atoms with Gasteiger partial charge in [-0.1, -0.05) is 11.2 Å². The van der Waals surface area contributed by atoms with Crippen molar-refractivity contribution >= 4 is 6.08 Å². The highest BCUT2D eigenvalue weighted by Crippen LogP contribution is 2.08. The van der Waals surface area contributed by atoms with Gasteiger partial charge in [0.2, 0.25) is 0 Å². The zero-order chi connectivity index (χ0) is 11.1. The van der Waals surface area contributed by atoms with Crippen molar-refractivity contribution in [1.82, 2.24) is 4.98 Å². The Bertz CT molecular complexity index is 408. The average molecular weight is 206 g/mol. The minimum Gasteiger partial charge on any atom is -0.254 e. The van der Waals surface area contributed by atoms with Crippen LogP contribution in [-0.4, -0.2) is 11.5 Å². The number of azide groups is 1. The summed E-state index contributed by atoms with van der Waals surface area (Å²) in [5, 5.41) is 3.39. The molecule has 0 fully saturated rings. The first-order chi connectivity index (χ1) is 7.24. The van der Waals surface area contributed by atoms with E-state index >= 15 is 0 Å². The summed E-state index contributed by atoms with van der Waals surface area (Å²) in [4.78, 5) is 6.57. The first-order valence-corrected chi connectivity index (χ1v) is 4.53. The summed E-state index contributed by atoms with van der Waals surface area (Å²) in [6.07, 6.45) is 5.48. The van der Waals surface area contributed by atoms with Crippen LogP contribution in [0.15, 0.2) is 23.5 Å². The van der Waals surface area contributed by atoms with Crippen LogP contribution in [0.5, 0.6) is 0 Å². The fourth-order valence-electron chi connectivity index (χ4n) is 1.10. The molecule has 0 aliphatic rings. The molecule has 0 spiro atoms. The van der Waals surface area contributed by atoms with Crippen molar-refractivity contribution in [1.29, 1.82) is 0 Å². The minimum atomic E-state index is -0.335. The second kappa shape index (κ2) is 5.78. The predicted molar refractivity (Wildman–Crippen MR) is 56.6 cm³/mol. The van der Waals surface area contributed by atoms with Gasteiger partial charge in [0.05, 0.1) is 11.9 Å². The van der Waals surface area contributed by atoms with E-state index in [9.17, 15) is 4.39 Å². The molecule has 15 heavy (non-hydrogen) atoms. The molecule has 5 heteroatoms. The lowest BCUT2D eigenvalue weighted by Crippen LogP contribution is -1.88. The number of nitrogens with zero attached hydrogens (tertiary/aromatic N) is 4. The highest BCUT2D eigenvalue weighted by atomic mass is 19.1. The number of hydrogen-bond acceptors (Lipinski definition) is 2. The standard InChI is InChI=1S/C10H11FN4/c1-8-6-9(11)7-13-10(8)4-2-3-5-14-15-12/h2,4,6-7H,3,5H2,1H3. The third-order valence-electron chi connectivity index (χ3n) is 1.82. The Morgan fingerprint density at radius 1 is 1.67 bits per heavy atom. The van der Waals surface area contributed by atoms with E-state index in [-0.39, 0.29) is 5.82 Å². The Morgan fingerprint density at radius 3 is 3.13 bits per heavy atom. The summed E-state index contributed by atoms with van der Waals surface area (Å²) in [7, 11) is 0. The van der Waals surface area contributed by atoms with E-state index < -0.39 is 0 Å². The number of hydrogen-bond donors (Lipinski definition) is 0. The van der Waals surface area contributed by atoms with Crippen LogP contribution in [0, 0.1) is 12.7 Å². The van der Waals surface area contributed by atoms with Crippen LogP contribution in [-0.2, 0) is 0 Å². The van der Waals surface area contributed by atoms with Gasteiger partial charge in [0.25, 0.3) is 0 Å². The summed E-state index contributed by atoms with van der Waals surface area (Å²) in [6.45, 7) is 2.22. The smallest absolute Gasteiger partial charge is 0.141 e. The lowest BCUT2D eigenvalue weighted by molar-refractivity contribution is 0.619. The van der Waals surface area contributed by atoms with E-state index in [1.54, 1.807) is 13.0 Å². The topological polar surface area (TPSA) is 61.7 Å². The molecule has 4 nitrogen and oxygen atoms in total. The minimum absolute atomic E-state index is 0.335. The molecule has 0 aliphatic heterocycles. The van der Waals surface area contributed by atoms with Crippen LogP contribution in [0.3, 0.4) is 0 Å². The Hall–Kier alpha value is -1.87. The van der Waals surface area contributed by atoms with E-state index in [1.807, 2.05) is 6.08 Å². The fraction of sp³-hybridized carbons (Fsp3) is 0.300. The van der Waals surface area contributed by atoms with Crippen LogP contribution >= 0.6 is 0 Å². The molecule has 1 aromatic rings. The summed E-state index contributed by atoms with van der Waals surface area (Å²) >= 11 is 0. The van der Waals surface area contributed by atoms with Gasteiger partial charge >= 0.3 is 0 Å². The number of aryl methyl sites for hydroxylation is 1. The van der Waals surface area contributed by atoms with Crippen molar-refractivity contribution < 1.29 is 4.39 Å². The summed E-state index contributed by atoms with van der Waals surface area (Å²) in [6, 6.07) is 1.43. The van der Waals surface area contributed by atoms with Crippen molar-refractivity contribution in [3.8, 4) is 0 Å². The lowest BCUT2D eigenvalue weighted by Gasteiger charge is -1.98. The molecule has 0 aliphatic carbocycles. The van der Waals surface area contributed by atoms with E-state index in [2.05, 4.69) is 15.0 Å². The van der Waals surface area contributed by atoms with Crippen molar-refractivity contribution in [2.24, 2.45) is 5.11 Å². The highest BCUT2D eigenvalue weighted by molar-refractivity contribution is 5.48. The van der Waals surface area contributed by atoms with E-state index in [1.165, 1.54) is 12.3 Å². The van der Waals surface area contributed by atoms with Crippen LogP contribution in [0.4, 0.5) is 4.39 Å². The quantitative estimate of drug-likeness (QED) is 0.323. The molecule has 0 saturated carbocycles. The van der Waals surface area contributed by atoms with Crippen LogP contribution in [0.25, 0.3) is 16.5 Å². The Kier molecular flexibility index (Phi) is 4.31. The van der Waals surface area contributed by atoms with Gasteiger partial charge in [-0.05, 0) is 36.6 Å². The number of aromatic nitrogens is 1. The van der Waals surface area contributed by atoms with Gasteiger partial charge in [0, 0.05) is 11.5 Å². The predicted octanol–water partition coefficient (Wildman–Crippen LogP) is 3.24. The number of rotatable bonds is 4.